The average Bonchev–Trinajstić information content (AvgIpc) is 2.34. The van der Waals surface area contributed by atoms with Crippen LogP contribution < -0.4 is 0 Å². The van der Waals surface area contributed by atoms with Crippen LogP contribution >= 0.6 is 0 Å². The van der Waals surface area contributed by atoms with E-state index in [-0.39, 0.29) is 0 Å². The monoisotopic (exact) mass is 234 g/mol. The summed E-state index contributed by atoms with van der Waals surface area (Å²) < 4.78 is 0. The van der Waals surface area contributed by atoms with Crippen LogP contribution in [0.5, 0.6) is 0 Å². The molecule has 0 saturated carbocycles. The molecular formula is C15H22O2. The van der Waals surface area contributed by atoms with E-state index in [1.165, 1.54) is 37.7 Å². The van der Waals surface area contributed by atoms with Crippen molar-refractivity contribution in [2.75, 3.05) is 0 Å². The minimum atomic E-state index is -0.850. The molecule has 1 unspecified atom stereocenters. The molecule has 1 aromatic carbocycles. The van der Waals surface area contributed by atoms with E-state index in [0.717, 1.165) is 0 Å². The Labute approximate surface area is 104 Å². The molecule has 2 nitrogen and oxygen atoms in total. The van der Waals surface area contributed by atoms with E-state index in [2.05, 4.69) is 13.8 Å². The van der Waals surface area contributed by atoms with Gasteiger partial charge in [-0.2, -0.15) is 0 Å². The van der Waals surface area contributed by atoms with Gasteiger partial charge < -0.3 is 5.11 Å². The summed E-state index contributed by atoms with van der Waals surface area (Å²) in [5, 5.41) is 8.86. The van der Waals surface area contributed by atoms with Crippen LogP contribution in [0.1, 0.15) is 67.8 Å². The molecule has 0 radical (unpaired) electrons. The Morgan fingerprint density at radius 3 is 2.24 bits per heavy atom. The Morgan fingerprint density at radius 2 is 1.76 bits per heavy atom. The zero-order valence-electron chi connectivity index (χ0n) is 10.8. The van der Waals surface area contributed by atoms with Crippen LogP contribution in [0.2, 0.25) is 0 Å². The smallest absolute Gasteiger partial charge is 0.335 e. The lowest BCUT2D eigenvalue weighted by atomic mass is 9.89. The van der Waals surface area contributed by atoms with Crippen molar-refractivity contribution in [2.24, 2.45) is 0 Å². The first kappa shape index (κ1) is 13.8. The number of hydrogen-bond donors (Lipinski definition) is 1. The van der Waals surface area contributed by atoms with Gasteiger partial charge in [-0.05, 0) is 36.5 Å². The third-order valence-electron chi connectivity index (χ3n) is 3.17. The van der Waals surface area contributed by atoms with Crippen molar-refractivity contribution >= 4 is 5.97 Å². The molecule has 0 aliphatic carbocycles. The maximum atomic E-state index is 10.8. The molecule has 1 aromatic rings. The number of carbonyl (C=O) groups is 1. The van der Waals surface area contributed by atoms with E-state index in [1.54, 1.807) is 12.1 Å². The molecule has 0 saturated heterocycles. The fourth-order valence-corrected chi connectivity index (χ4v) is 2.17. The molecule has 94 valence electrons. The SMILES string of the molecule is CCCCC(CCC)c1ccc(C(=O)O)cc1. The van der Waals surface area contributed by atoms with Gasteiger partial charge in [0.05, 0.1) is 5.56 Å². The fraction of sp³-hybridized carbons (Fsp3) is 0.533. The Hall–Kier alpha value is -1.31. The fourth-order valence-electron chi connectivity index (χ4n) is 2.17. The summed E-state index contributed by atoms with van der Waals surface area (Å²) in [5.74, 6) is -0.264. The summed E-state index contributed by atoms with van der Waals surface area (Å²) in [6.45, 7) is 4.40. The van der Waals surface area contributed by atoms with Crippen molar-refractivity contribution < 1.29 is 9.90 Å². The molecule has 1 N–H and O–H groups in total. The topological polar surface area (TPSA) is 37.3 Å². The Bertz CT molecular complexity index is 340. The first-order valence-corrected chi connectivity index (χ1v) is 6.52. The summed E-state index contributed by atoms with van der Waals surface area (Å²) >= 11 is 0. The second kappa shape index (κ2) is 7.10. The third kappa shape index (κ3) is 4.22. The van der Waals surface area contributed by atoms with Gasteiger partial charge in [-0.15, -0.1) is 0 Å². The highest BCUT2D eigenvalue weighted by atomic mass is 16.4. The van der Waals surface area contributed by atoms with Gasteiger partial charge in [0.15, 0.2) is 0 Å². The van der Waals surface area contributed by atoms with Crippen LogP contribution in [-0.4, -0.2) is 11.1 Å². The highest BCUT2D eigenvalue weighted by Gasteiger charge is 2.11. The second-order valence-electron chi connectivity index (χ2n) is 4.55. The Kier molecular flexibility index (Phi) is 5.75. The zero-order chi connectivity index (χ0) is 12.7. The van der Waals surface area contributed by atoms with Crippen LogP contribution in [0.3, 0.4) is 0 Å². The van der Waals surface area contributed by atoms with Gasteiger partial charge >= 0.3 is 5.97 Å². The summed E-state index contributed by atoms with van der Waals surface area (Å²) in [7, 11) is 0. The number of carboxylic acids is 1. The molecule has 0 aliphatic heterocycles. The molecule has 1 rings (SSSR count). The number of carboxylic acid groups (broad SMARTS) is 1. The molecule has 0 amide bonds. The lowest BCUT2D eigenvalue weighted by Crippen LogP contribution is -2.01. The number of benzene rings is 1. The summed E-state index contributed by atoms with van der Waals surface area (Å²) in [4.78, 5) is 10.8. The van der Waals surface area contributed by atoms with E-state index in [1.807, 2.05) is 12.1 Å². The number of hydrogen-bond acceptors (Lipinski definition) is 1. The van der Waals surface area contributed by atoms with E-state index in [0.29, 0.717) is 11.5 Å². The van der Waals surface area contributed by atoms with Gasteiger partial charge in [-0.1, -0.05) is 45.2 Å². The van der Waals surface area contributed by atoms with Crippen LogP contribution in [-0.2, 0) is 0 Å². The minimum Gasteiger partial charge on any atom is -0.478 e. The maximum Gasteiger partial charge on any atom is 0.335 e. The quantitative estimate of drug-likeness (QED) is 0.756. The number of unbranched alkanes of at least 4 members (excludes halogenated alkanes) is 1. The third-order valence-corrected chi connectivity index (χ3v) is 3.17. The Balaban J connectivity index is 2.75. The van der Waals surface area contributed by atoms with Gasteiger partial charge in [-0.3, -0.25) is 0 Å². The number of aromatic carboxylic acids is 1. The molecule has 0 bridgehead atoms. The van der Waals surface area contributed by atoms with Crippen molar-refractivity contribution in [1.82, 2.24) is 0 Å². The van der Waals surface area contributed by atoms with Crippen molar-refractivity contribution in [2.45, 2.75) is 51.9 Å². The van der Waals surface area contributed by atoms with Crippen molar-refractivity contribution in [3.8, 4) is 0 Å². The standard InChI is InChI=1S/C15H22O2/c1-3-5-7-12(6-4-2)13-8-10-14(11-9-13)15(16)17/h8-12H,3-7H2,1-2H3,(H,16,17). The first-order chi connectivity index (χ1) is 8.19. The molecule has 1 atom stereocenters. The van der Waals surface area contributed by atoms with Gasteiger partial charge in [0.2, 0.25) is 0 Å². The average molecular weight is 234 g/mol. The van der Waals surface area contributed by atoms with Gasteiger partial charge in [-0.25, -0.2) is 4.79 Å². The summed E-state index contributed by atoms with van der Waals surface area (Å²) in [6, 6.07) is 7.37. The van der Waals surface area contributed by atoms with Crippen LogP contribution in [0.25, 0.3) is 0 Å². The Morgan fingerprint density at radius 1 is 1.12 bits per heavy atom. The molecule has 0 aliphatic rings. The van der Waals surface area contributed by atoms with Gasteiger partial charge in [0, 0.05) is 0 Å². The molecule has 0 spiro atoms. The van der Waals surface area contributed by atoms with Crippen LogP contribution in [0, 0.1) is 0 Å². The van der Waals surface area contributed by atoms with E-state index in [4.69, 9.17) is 5.11 Å². The van der Waals surface area contributed by atoms with Crippen molar-refractivity contribution in [3.05, 3.63) is 35.4 Å². The molecule has 0 fully saturated rings. The van der Waals surface area contributed by atoms with Crippen LogP contribution in [0.15, 0.2) is 24.3 Å². The number of rotatable bonds is 7. The maximum absolute atomic E-state index is 10.8. The zero-order valence-corrected chi connectivity index (χ0v) is 10.8. The van der Waals surface area contributed by atoms with Crippen molar-refractivity contribution in [1.29, 1.82) is 0 Å². The van der Waals surface area contributed by atoms with E-state index < -0.39 is 5.97 Å². The predicted molar refractivity (Wildman–Crippen MR) is 70.6 cm³/mol. The van der Waals surface area contributed by atoms with Crippen molar-refractivity contribution in [3.63, 3.8) is 0 Å². The minimum absolute atomic E-state index is 0.375. The molecule has 0 heterocycles. The largest absolute Gasteiger partial charge is 0.478 e. The normalized spacial score (nSPS) is 12.4. The highest BCUT2D eigenvalue weighted by molar-refractivity contribution is 5.87. The van der Waals surface area contributed by atoms with Gasteiger partial charge in [0.1, 0.15) is 0 Å². The van der Waals surface area contributed by atoms with Gasteiger partial charge in [0.25, 0.3) is 0 Å². The second-order valence-corrected chi connectivity index (χ2v) is 4.55. The molecule has 17 heavy (non-hydrogen) atoms. The van der Waals surface area contributed by atoms with E-state index in [9.17, 15) is 4.79 Å². The summed E-state index contributed by atoms with van der Waals surface area (Å²) in [6.07, 6.45) is 6.02. The summed E-state index contributed by atoms with van der Waals surface area (Å²) in [5.41, 5.74) is 1.66. The van der Waals surface area contributed by atoms with Crippen LogP contribution in [0.4, 0.5) is 0 Å². The highest BCUT2D eigenvalue weighted by Crippen LogP contribution is 2.27. The lowest BCUT2D eigenvalue weighted by Gasteiger charge is -2.16. The lowest BCUT2D eigenvalue weighted by molar-refractivity contribution is 0.0697. The molecule has 0 aromatic heterocycles. The molecule has 2 heteroatoms. The molecular weight excluding hydrogens is 212 g/mol. The van der Waals surface area contributed by atoms with E-state index >= 15 is 0 Å². The predicted octanol–water partition coefficient (Wildman–Crippen LogP) is 4.46. The first-order valence-electron chi connectivity index (χ1n) is 6.52.